The average Bonchev–Trinajstić information content (AvgIpc) is 2.55. The summed E-state index contributed by atoms with van der Waals surface area (Å²) in [6.07, 6.45) is 0.0637. The maximum atomic E-state index is 12.5. The quantitative estimate of drug-likeness (QED) is 0.833. The van der Waals surface area contributed by atoms with Gasteiger partial charge in [-0.1, -0.05) is 60.2 Å². The largest absolute Gasteiger partial charge is 0.369 e. The molecule has 0 heterocycles. The standard InChI is InChI=1S/C19H18N2O2/c1-13-7-9-15(10-8-13)18(22)11-16(17(12-20)19(21)23)14-5-3-2-4-6-14/h2-10,16-17H,11H2,1H3,(H2,21,23)/t16-,17+/m0/s1. The van der Waals surface area contributed by atoms with E-state index in [0.29, 0.717) is 5.56 Å². The van der Waals surface area contributed by atoms with E-state index in [0.717, 1.165) is 11.1 Å². The Morgan fingerprint density at radius 1 is 1.09 bits per heavy atom. The van der Waals surface area contributed by atoms with Crippen molar-refractivity contribution >= 4 is 11.7 Å². The molecule has 0 spiro atoms. The molecule has 0 bridgehead atoms. The zero-order chi connectivity index (χ0) is 16.8. The van der Waals surface area contributed by atoms with Gasteiger partial charge in [0.1, 0.15) is 5.92 Å². The molecule has 2 atom stereocenters. The monoisotopic (exact) mass is 306 g/mol. The number of carbonyl (C=O) groups excluding carboxylic acids is 2. The van der Waals surface area contributed by atoms with E-state index in [9.17, 15) is 14.9 Å². The van der Waals surface area contributed by atoms with Crippen molar-refractivity contribution < 1.29 is 9.59 Å². The third-order valence-corrected chi connectivity index (χ3v) is 3.85. The molecular formula is C19H18N2O2. The Morgan fingerprint density at radius 3 is 2.22 bits per heavy atom. The zero-order valence-electron chi connectivity index (χ0n) is 12.9. The summed E-state index contributed by atoms with van der Waals surface area (Å²) in [6, 6.07) is 18.3. The minimum atomic E-state index is -1.04. The number of nitrogens with two attached hydrogens (primary N) is 1. The molecular weight excluding hydrogens is 288 g/mol. The lowest BCUT2D eigenvalue weighted by Crippen LogP contribution is -2.29. The Labute approximate surface area is 135 Å². The summed E-state index contributed by atoms with van der Waals surface area (Å²) < 4.78 is 0. The van der Waals surface area contributed by atoms with Gasteiger partial charge in [0.25, 0.3) is 0 Å². The van der Waals surface area contributed by atoms with Gasteiger partial charge in [0.05, 0.1) is 6.07 Å². The van der Waals surface area contributed by atoms with Crippen LogP contribution in [-0.2, 0) is 4.79 Å². The maximum Gasteiger partial charge on any atom is 0.235 e. The molecule has 0 radical (unpaired) electrons. The minimum absolute atomic E-state index is 0.0637. The molecule has 116 valence electrons. The van der Waals surface area contributed by atoms with Gasteiger partial charge in [-0.05, 0) is 12.5 Å². The highest BCUT2D eigenvalue weighted by Gasteiger charge is 2.30. The van der Waals surface area contributed by atoms with Crippen LogP contribution in [0.1, 0.15) is 33.8 Å². The Hall–Kier alpha value is -2.93. The second kappa shape index (κ2) is 7.37. The molecule has 0 unspecified atom stereocenters. The summed E-state index contributed by atoms with van der Waals surface area (Å²) in [7, 11) is 0. The molecule has 0 aliphatic rings. The van der Waals surface area contributed by atoms with Crippen molar-refractivity contribution in [2.75, 3.05) is 0 Å². The Bertz CT molecular complexity index is 730. The Balaban J connectivity index is 2.31. The number of rotatable bonds is 6. The second-order valence-electron chi connectivity index (χ2n) is 5.52. The fraction of sp³-hybridized carbons (Fsp3) is 0.211. The van der Waals surface area contributed by atoms with Crippen LogP contribution in [0.5, 0.6) is 0 Å². The lowest BCUT2D eigenvalue weighted by atomic mass is 9.81. The van der Waals surface area contributed by atoms with Crippen molar-refractivity contribution in [1.82, 2.24) is 0 Å². The smallest absolute Gasteiger partial charge is 0.235 e. The summed E-state index contributed by atoms with van der Waals surface area (Å²) in [5, 5.41) is 9.29. The predicted molar refractivity (Wildman–Crippen MR) is 87.6 cm³/mol. The summed E-state index contributed by atoms with van der Waals surface area (Å²) in [6.45, 7) is 1.94. The van der Waals surface area contributed by atoms with Crippen molar-refractivity contribution in [2.45, 2.75) is 19.3 Å². The van der Waals surface area contributed by atoms with Crippen LogP contribution in [0.2, 0.25) is 0 Å². The lowest BCUT2D eigenvalue weighted by molar-refractivity contribution is -0.120. The highest BCUT2D eigenvalue weighted by molar-refractivity contribution is 5.97. The summed E-state index contributed by atoms with van der Waals surface area (Å²) in [4.78, 5) is 24.1. The molecule has 0 aliphatic heterocycles. The van der Waals surface area contributed by atoms with Gasteiger partial charge < -0.3 is 5.73 Å². The summed E-state index contributed by atoms with van der Waals surface area (Å²) >= 11 is 0. The van der Waals surface area contributed by atoms with Gasteiger partial charge in [-0.25, -0.2) is 0 Å². The van der Waals surface area contributed by atoms with Crippen LogP contribution >= 0.6 is 0 Å². The van der Waals surface area contributed by atoms with E-state index in [2.05, 4.69) is 0 Å². The second-order valence-corrected chi connectivity index (χ2v) is 5.52. The van der Waals surface area contributed by atoms with Gasteiger partial charge in [-0.3, -0.25) is 9.59 Å². The van der Waals surface area contributed by atoms with Crippen LogP contribution in [0.15, 0.2) is 54.6 Å². The Kier molecular flexibility index (Phi) is 5.27. The Morgan fingerprint density at radius 2 is 1.70 bits per heavy atom. The van der Waals surface area contributed by atoms with Crippen LogP contribution in [0, 0.1) is 24.2 Å². The average molecular weight is 306 g/mol. The highest BCUT2D eigenvalue weighted by Crippen LogP contribution is 2.29. The number of primary amides is 1. The number of amides is 1. The molecule has 2 rings (SSSR count). The van der Waals surface area contributed by atoms with Crippen LogP contribution in [-0.4, -0.2) is 11.7 Å². The van der Waals surface area contributed by atoms with Gasteiger partial charge in [-0.15, -0.1) is 0 Å². The topological polar surface area (TPSA) is 83.9 Å². The van der Waals surface area contributed by atoms with Crippen molar-refractivity contribution in [3.05, 3.63) is 71.3 Å². The van der Waals surface area contributed by atoms with E-state index in [1.54, 1.807) is 24.3 Å². The normalized spacial score (nSPS) is 12.9. The molecule has 2 aromatic rings. The molecule has 23 heavy (non-hydrogen) atoms. The first kappa shape index (κ1) is 16.4. The molecule has 0 fully saturated rings. The van der Waals surface area contributed by atoms with Gasteiger partial charge in [-0.2, -0.15) is 5.26 Å². The van der Waals surface area contributed by atoms with E-state index >= 15 is 0 Å². The zero-order valence-corrected chi connectivity index (χ0v) is 12.9. The first-order chi connectivity index (χ1) is 11.0. The number of ketones is 1. The van der Waals surface area contributed by atoms with Crippen LogP contribution in [0.3, 0.4) is 0 Å². The SMILES string of the molecule is Cc1ccc(C(=O)C[C@@H](c2ccccc2)[C@@H](C#N)C(N)=O)cc1. The predicted octanol–water partition coefficient (Wildman–Crippen LogP) is 2.98. The van der Waals surface area contributed by atoms with Crippen molar-refractivity contribution in [3.63, 3.8) is 0 Å². The number of nitrogens with zero attached hydrogens (tertiary/aromatic N) is 1. The number of aryl methyl sites for hydroxylation is 1. The fourth-order valence-corrected chi connectivity index (χ4v) is 2.54. The summed E-state index contributed by atoms with van der Waals surface area (Å²) in [5.74, 6) is -2.40. The fourth-order valence-electron chi connectivity index (χ4n) is 2.54. The number of nitriles is 1. The van der Waals surface area contributed by atoms with Crippen molar-refractivity contribution in [2.24, 2.45) is 11.7 Å². The third kappa shape index (κ3) is 4.04. The maximum absolute atomic E-state index is 12.5. The minimum Gasteiger partial charge on any atom is -0.369 e. The molecule has 4 heteroatoms. The van der Waals surface area contributed by atoms with Gasteiger partial charge in [0.2, 0.25) is 5.91 Å². The number of benzene rings is 2. The van der Waals surface area contributed by atoms with Crippen LogP contribution < -0.4 is 5.73 Å². The molecule has 2 aromatic carbocycles. The molecule has 0 saturated carbocycles. The van der Waals surface area contributed by atoms with Crippen molar-refractivity contribution in [1.29, 1.82) is 5.26 Å². The molecule has 1 amide bonds. The van der Waals surface area contributed by atoms with Gasteiger partial charge >= 0.3 is 0 Å². The first-order valence-electron chi connectivity index (χ1n) is 7.36. The van der Waals surface area contributed by atoms with Crippen molar-refractivity contribution in [3.8, 4) is 6.07 Å². The number of hydrogen-bond acceptors (Lipinski definition) is 3. The third-order valence-electron chi connectivity index (χ3n) is 3.85. The van der Waals surface area contributed by atoms with E-state index < -0.39 is 17.7 Å². The number of Topliss-reactive ketones (excluding diaryl/α,β-unsaturated/α-hetero) is 1. The van der Waals surface area contributed by atoms with E-state index in [4.69, 9.17) is 5.73 Å². The van der Waals surface area contributed by atoms with E-state index in [1.165, 1.54) is 0 Å². The van der Waals surface area contributed by atoms with Crippen LogP contribution in [0.25, 0.3) is 0 Å². The van der Waals surface area contributed by atoms with Gasteiger partial charge in [0, 0.05) is 17.9 Å². The van der Waals surface area contributed by atoms with Crippen LogP contribution in [0.4, 0.5) is 0 Å². The van der Waals surface area contributed by atoms with E-state index in [1.807, 2.05) is 43.3 Å². The number of carbonyl (C=O) groups is 2. The molecule has 4 nitrogen and oxygen atoms in total. The first-order valence-corrected chi connectivity index (χ1v) is 7.36. The summed E-state index contributed by atoms with van der Waals surface area (Å²) in [5.41, 5.74) is 7.74. The molecule has 0 aromatic heterocycles. The highest BCUT2D eigenvalue weighted by atomic mass is 16.1. The number of hydrogen-bond donors (Lipinski definition) is 1. The van der Waals surface area contributed by atoms with Gasteiger partial charge in [0.15, 0.2) is 5.78 Å². The molecule has 2 N–H and O–H groups in total. The molecule has 0 saturated heterocycles. The lowest BCUT2D eigenvalue weighted by Gasteiger charge is -2.19. The van der Waals surface area contributed by atoms with E-state index in [-0.39, 0.29) is 12.2 Å². The molecule has 0 aliphatic carbocycles.